The van der Waals surface area contributed by atoms with Crippen molar-refractivity contribution >= 4 is 40.6 Å². The van der Waals surface area contributed by atoms with E-state index >= 15 is 0 Å². The highest BCUT2D eigenvalue weighted by Crippen LogP contribution is 2.11. The summed E-state index contributed by atoms with van der Waals surface area (Å²) in [5, 5.41) is 5.32. The zero-order valence-corrected chi connectivity index (χ0v) is 12.6. The summed E-state index contributed by atoms with van der Waals surface area (Å²) in [5.74, 6) is -0.971. The number of ether oxygens (including phenoxy) is 1. The van der Waals surface area contributed by atoms with Gasteiger partial charge in [-0.25, -0.2) is 0 Å². The molecule has 112 valence electrons. The number of methoxy groups -OCH3 is 1. The number of thiocarbonyl (C=S) groups is 1. The highest BCUT2D eigenvalue weighted by atomic mass is 32.1. The van der Waals surface area contributed by atoms with E-state index < -0.39 is 11.9 Å². The van der Waals surface area contributed by atoms with Gasteiger partial charge in [-0.1, -0.05) is 18.3 Å². The fraction of sp³-hybridized carbons (Fsp3) is 0.286. The molecule has 0 bridgehead atoms. The van der Waals surface area contributed by atoms with Crippen molar-refractivity contribution in [2.75, 3.05) is 19.0 Å². The Morgan fingerprint density at radius 2 is 2.00 bits per heavy atom. The molecule has 0 fully saturated rings. The van der Waals surface area contributed by atoms with Gasteiger partial charge in [-0.3, -0.25) is 14.4 Å². The van der Waals surface area contributed by atoms with Gasteiger partial charge >= 0.3 is 5.97 Å². The van der Waals surface area contributed by atoms with Crippen LogP contribution in [0, 0.1) is 0 Å². The van der Waals surface area contributed by atoms with E-state index in [1.807, 2.05) is 0 Å². The van der Waals surface area contributed by atoms with Crippen LogP contribution in [0.1, 0.15) is 23.7 Å². The van der Waals surface area contributed by atoms with E-state index in [1.165, 1.54) is 14.0 Å². The topological polar surface area (TPSA) is 84.5 Å². The fourth-order valence-electron chi connectivity index (χ4n) is 1.50. The number of ketones is 1. The summed E-state index contributed by atoms with van der Waals surface area (Å²) < 4.78 is 4.43. The van der Waals surface area contributed by atoms with Crippen LogP contribution in [0.3, 0.4) is 0 Å². The summed E-state index contributed by atoms with van der Waals surface area (Å²) in [6.07, 6.45) is 0.147. The Bertz CT molecular complexity index is 572. The minimum atomic E-state index is -0.528. The maximum absolute atomic E-state index is 11.8. The molecule has 1 aromatic rings. The van der Waals surface area contributed by atoms with Crippen molar-refractivity contribution in [3.8, 4) is 0 Å². The van der Waals surface area contributed by atoms with Gasteiger partial charge in [-0.15, -0.1) is 0 Å². The average molecular weight is 308 g/mol. The lowest BCUT2D eigenvalue weighted by Crippen LogP contribution is -2.30. The van der Waals surface area contributed by atoms with Crippen LogP contribution < -0.4 is 10.6 Å². The van der Waals surface area contributed by atoms with Crippen LogP contribution in [-0.2, 0) is 14.3 Å². The summed E-state index contributed by atoms with van der Waals surface area (Å²) in [6.45, 7) is 1.25. The summed E-state index contributed by atoms with van der Waals surface area (Å²) >= 11 is 5.03. The second kappa shape index (κ2) is 8.11. The molecule has 7 heteroatoms. The van der Waals surface area contributed by atoms with E-state index in [0.29, 0.717) is 16.2 Å². The van der Waals surface area contributed by atoms with Crippen molar-refractivity contribution in [2.45, 2.75) is 13.3 Å². The van der Waals surface area contributed by atoms with Gasteiger partial charge in [0.25, 0.3) is 5.91 Å². The van der Waals surface area contributed by atoms with Crippen LogP contribution >= 0.6 is 12.2 Å². The number of carbonyl (C=O) groups is 3. The zero-order chi connectivity index (χ0) is 15.8. The first kappa shape index (κ1) is 16.8. The molecule has 0 spiro atoms. The average Bonchev–Trinajstić information content (AvgIpc) is 2.43. The molecule has 1 aromatic carbocycles. The van der Waals surface area contributed by atoms with Gasteiger partial charge in [0, 0.05) is 11.3 Å². The van der Waals surface area contributed by atoms with Crippen LogP contribution in [-0.4, -0.2) is 36.3 Å². The van der Waals surface area contributed by atoms with Crippen molar-refractivity contribution in [1.29, 1.82) is 0 Å². The SMILES string of the molecule is COC(=O)CNC(=O)c1cccc(NC(=S)CC(C)=O)c1. The van der Waals surface area contributed by atoms with Gasteiger partial charge in [-0.2, -0.15) is 0 Å². The Morgan fingerprint density at radius 3 is 2.62 bits per heavy atom. The van der Waals surface area contributed by atoms with Crippen LogP contribution in [0.5, 0.6) is 0 Å². The van der Waals surface area contributed by atoms with Crippen molar-refractivity contribution in [1.82, 2.24) is 5.32 Å². The number of esters is 1. The number of Topliss-reactive ketones (excluding diaryl/α,β-unsaturated/α-hetero) is 1. The first-order chi connectivity index (χ1) is 9.92. The van der Waals surface area contributed by atoms with Crippen molar-refractivity contribution in [2.24, 2.45) is 0 Å². The second-order valence-electron chi connectivity index (χ2n) is 4.27. The highest BCUT2D eigenvalue weighted by Gasteiger charge is 2.09. The molecule has 2 N–H and O–H groups in total. The molecule has 0 heterocycles. The number of nitrogens with one attached hydrogen (secondary N) is 2. The molecular formula is C14H16N2O4S. The standard InChI is InChI=1S/C14H16N2O4S/c1-9(17)6-12(21)16-11-5-3-4-10(7-11)14(19)15-8-13(18)20-2/h3-5,7H,6,8H2,1-2H3,(H,15,19)(H,16,21). The molecule has 6 nitrogen and oxygen atoms in total. The Hall–Kier alpha value is -2.28. The zero-order valence-electron chi connectivity index (χ0n) is 11.8. The Morgan fingerprint density at radius 1 is 1.29 bits per heavy atom. The van der Waals surface area contributed by atoms with Gasteiger partial charge in [0.1, 0.15) is 12.3 Å². The number of benzene rings is 1. The normalized spacial score (nSPS) is 9.62. The molecule has 21 heavy (non-hydrogen) atoms. The molecule has 1 rings (SSSR count). The molecule has 0 aliphatic heterocycles. The lowest BCUT2D eigenvalue weighted by molar-refractivity contribution is -0.139. The molecule has 0 atom stereocenters. The van der Waals surface area contributed by atoms with Gasteiger partial charge in [0.05, 0.1) is 18.5 Å². The van der Waals surface area contributed by atoms with Crippen LogP contribution in [0.15, 0.2) is 24.3 Å². The molecule has 0 saturated carbocycles. The van der Waals surface area contributed by atoms with E-state index in [4.69, 9.17) is 12.2 Å². The predicted molar refractivity (Wildman–Crippen MR) is 82.3 cm³/mol. The minimum absolute atomic E-state index is 0.0422. The molecule has 1 amide bonds. The van der Waals surface area contributed by atoms with E-state index in [1.54, 1.807) is 24.3 Å². The number of carbonyl (C=O) groups excluding carboxylic acids is 3. The Labute approximate surface area is 127 Å². The first-order valence-electron chi connectivity index (χ1n) is 6.16. The second-order valence-corrected chi connectivity index (χ2v) is 4.76. The summed E-state index contributed by atoms with van der Waals surface area (Å²) in [7, 11) is 1.25. The lowest BCUT2D eigenvalue weighted by Gasteiger charge is -2.09. The van der Waals surface area contributed by atoms with Gasteiger partial charge < -0.3 is 15.4 Å². The fourth-order valence-corrected chi connectivity index (χ4v) is 1.82. The largest absolute Gasteiger partial charge is 0.468 e. The van der Waals surface area contributed by atoms with Crippen LogP contribution in [0.4, 0.5) is 5.69 Å². The maximum Gasteiger partial charge on any atom is 0.325 e. The van der Waals surface area contributed by atoms with E-state index in [0.717, 1.165) is 0 Å². The summed E-state index contributed by atoms with van der Waals surface area (Å²) in [6, 6.07) is 6.58. The summed E-state index contributed by atoms with van der Waals surface area (Å²) in [5.41, 5.74) is 0.974. The predicted octanol–water partition coefficient (Wildman–Crippen LogP) is 1.31. The minimum Gasteiger partial charge on any atom is -0.468 e. The van der Waals surface area contributed by atoms with Crippen molar-refractivity contribution in [3.05, 3.63) is 29.8 Å². The summed E-state index contributed by atoms with van der Waals surface area (Å²) in [4.78, 5) is 34.2. The number of hydrogen-bond acceptors (Lipinski definition) is 5. The van der Waals surface area contributed by atoms with E-state index in [-0.39, 0.29) is 18.7 Å². The van der Waals surface area contributed by atoms with Crippen LogP contribution in [0.25, 0.3) is 0 Å². The monoisotopic (exact) mass is 308 g/mol. The van der Waals surface area contributed by atoms with Gasteiger partial charge in [0.2, 0.25) is 0 Å². The molecule has 0 aliphatic carbocycles. The number of anilines is 1. The van der Waals surface area contributed by atoms with Gasteiger partial charge in [-0.05, 0) is 25.1 Å². The van der Waals surface area contributed by atoms with E-state index in [2.05, 4.69) is 15.4 Å². The first-order valence-corrected chi connectivity index (χ1v) is 6.57. The Balaban J connectivity index is 2.67. The molecule has 0 radical (unpaired) electrons. The lowest BCUT2D eigenvalue weighted by atomic mass is 10.2. The Kier molecular flexibility index (Phi) is 6.48. The van der Waals surface area contributed by atoms with Crippen molar-refractivity contribution in [3.63, 3.8) is 0 Å². The van der Waals surface area contributed by atoms with Crippen molar-refractivity contribution < 1.29 is 19.1 Å². The van der Waals surface area contributed by atoms with Gasteiger partial charge in [0.15, 0.2) is 0 Å². The number of hydrogen-bond donors (Lipinski definition) is 2. The molecule has 0 unspecified atom stereocenters. The third-order valence-electron chi connectivity index (χ3n) is 2.44. The van der Waals surface area contributed by atoms with Crippen LogP contribution in [0.2, 0.25) is 0 Å². The molecule has 0 saturated heterocycles. The quantitative estimate of drug-likeness (QED) is 0.609. The number of amides is 1. The highest BCUT2D eigenvalue weighted by molar-refractivity contribution is 7.80. The molecular weight excluding hydrogens is 292 g/mol. The third-order valence-corrected chi connectivity index (χ3v) is 2.69. The maximum atomic E-state index is 11.8. The van der Waals surface area contributed by atoms with E-state index in [9.17, 15) is 14.4 Å². The number of rotatable bonds is 6. The molecule has 0 aliphatic rings. The smallest absolute Gasteiger partial charge is 0.325 e. The molecule has 0 aromatic heterocycles. The third kappa shape index (κ3) is 6.13.